The molecule has 2 aromatic rings. The molecule has 148 valence electrons. The van der Waals surface area contributed by atoms with Crippen LogP contribution in [-0.2, 0) is 0 Å². The SMILES string of the molecule is COc1ccc(Oc2cc(/C(=N/O)N3CCC4CCCCC4C3)ccn2)cc1. The van der Waals surface area contributed by atoms with Crippen LogP contribution in [0.2, 0.25) is 0 Å². The summed E-state index contributed by atoms with van der Waals surface area (Å²) in [7, 11) is 1.63. The summed E-state index contributed by atoms with van der Waals surface area (Å²) in [6, 6.07) is 11.0. The number of hydrogen-bond donors (Lipinski definition) is 1. The maximum atomic E-state index is 9.74. The molecule has 28 heavy (non-hydrogen) atoms. The predicted octanol–water partition coefficient (Wildman–Crippen LogP) is 4.53. The van der Waals surface area contributed by atoms with Crippen molar-refractivity contribution in [3.05, 3.63) is 48.2 Å². The summed E-state index contributed by atoms with van der Waals surface area (Å²) in [5.41, 5.74) is 0.815. The number of rotatable bonds is 4. The van der Waals surface area contributed by atoms with Gasteiger partial charge >= 0.3 is 0 Å². The highest BCUT2D eigenvalue weighted by atomic mass is 16.5. The van der Waals surface area contributed by atoms with E-state index < -0.39 is 0 Å². The van der Waals surface area contributed by atoms with Gasteiger partial charge in [0.25, 0.3) is 0 Å². The van der Waals surface area contributed by atoms with Crippen LogP contribution < -0.4 is 9.47 Å². The Morgan fingerprint density at radius 2 is 1.82 bits per heavy atom. The number of oxime groups is 1. The van der Waals surface area contributed by atoms with Crippen LogP contribution >= 0.6 is 0 Å². The second kappa shape index (κ2) is 8.50. The highest BCUT2D eigenvalue weighted by Crippen LogP contribution is 2.36. The van der Waals surface area contributed by atoms with Gasteiger partial charge in [0.05, 0.1) is 7.11 Å². The van der Waals surface area contributed by atoms with Gasteiger partial charge in [0, 0.05) is 30.9 Å². The zero-order valence-electron chi connectivity index (χ0n) is 16.3. The van der Waals surface area contributed by atoms with Gasteiger partial charge in [0.1, 0.15) is 11.5 Å². The van der Waals surface area contributed by atoms with Crippen molar-refractivity contribution in [2.45, 2.75) is 32.1 Å². The molecule has 6 heteroatoms. The number of piperidine rings is 1. The van der Waals surface area contributed by atoms with E-state index in [2.05, 4.69) is 15.0 Å². The molecule has 2 aliphatic rings. The van der Waals surface area contributed by atoms with Crippen molar-refractivity contribution in [3.8, 4) is 17.4 Å². The summed E-state index contributed by atoms with van der Waals surface area (Å²) < 4.78 is 11.0. The number of hydrogen-bond acceptors (Lipinski definition) is 5. The summed E-state index contributed by atoms with van der Waals surface area (Å²) in [5.74, 6) is 4.06. The van der Waals surface area contributed by atoms with Crippen molar-refractivity contribution in [2.24, 2.45) is 17.0 Å². The molecule has 6 nitrogen and oxygen atoms in total. The number of methoxy groups -OCH3 is 1. The fraction of sp³-hybridized carbons (Fsp3) is 0.455. The van der Waals surface area contributed by atoms with Crippen LogP contribution in [0.4, 0.5) is 0 Å². The molecular formula is C22H27N3O3. The maximum Gasteiger partial charge on any atom is 0.219 e. The molecule has 1 N–H and O–H groups in total. The third kappa shape index (κ3) is 4.06. The molecule has 1 aromatic heterocycles. The summed E-state index contributed by atoms with van der Waals surface area (Å²) in [4.78, 5) is 6.50. The number of ether oxygens (including phenoxy) is 2. The van der Waals surface area contributed by atoms with Gasteiger partial charge in [-0.2, -0.15) is 0 Å². The molecule has 1 saturated carbocycles. The normalized spacial score (nSPS) is 22.5. The lowest BCUT2D eigenvalue weighted by atomic mass is 9.75. The third-order valence-corrected chi connectivity index (χ3v) is 5.96. The molecule has 4 rings (SSSR count). The molecule has 1 saturated heterocycles. The van der Waals surface area contributed by atoms with Gasteiger partial charge in [-0.15, -0.1) is 0 Å². The van der Waals surface area contributed by atoms with E-state index in [1.807, 2.05) is 36.4 Å². The maximum absolute atomic E-state index is 9.74. The molecule has 1 aliphatic heterocycles. The quantitative estimate of drug-likeness (QED) is 0.365. The van der Waals surface area contributed by atoms with E-state index in [1.165, 1.54) is 32.1 Å². The van der Waals surface area contributed by atoms with E-state index in [1.54, 1.807) is 13.3 Å². The van der Waals surface area contributed by atoms with Crippen molar-refractivity contribution in [1.29, 1.82) is 0 Å². The highest BCUT2D eigenvalue weighted by Gasteiger charge is 2.32. The van der Waals surface area contributed by atoms with Gasteiger partial charge in [0.2, 0.25) is 5.88 Å². The predicted molar refractivity (Wildman–Crippen MR) is 107 cm³/mol. The van der Waals surface area contributed by atoms with Crippen molar-refractivity contribution < 1.29 is 14.7 Å². The number of likely N-dealkylation sites (tertiary alicyclic amines) is 1. The Labute approximate surface area is 165 Å². The molecule has 1 aromatic carbocycles. The third-order valence-electron chi connectivity index (χ3n) is 5.96. The van der Waals surface area contributed by atoms with Gasteiger partial charge in [-0.25, -0.2) is 4.98 Å². The lowest BCUT2D eigenvalue weighted by Crippen LogP contribution is -2.45. The average Bonchev–Trinajstić information content (AvgIpc) is 2.75. The fourth-order valence-corrected chi connectivity index (χ4v) is 4.47. The van der Waals surface area contributed by atoms with Crippen LogP contribution in [0.3, 0.4) is 0 Å². The van der Waals surface area contributed by atoms with Gasteiger partial charge in [-0.3, -0.25) is 0 Å². The van der Waals surface area contributed by atoms with Crippen LogP contribution in [0, 0.1) is 11.8 Å². The standard InChI is InChI=1S/C22H27N3O3/c1-27-19-6-8-20(9-7-19)28-21-14-17(10-12-23-21)22(24-26)25-13-11-16-4-2-3-5-18(16)15-25/h6-10,12,14,16,18,26H,2-5,11,13,15H2,1H3/b24-22-. The lowest BCUT2D eigenvalue weighted by Gasteiger charge is -2.42. The first-order valence-electron chi connectivity index (χ1n) is 10.0. The highest BCUT2D eigenvalue weighted by molar-refractivity contribution is 5.98. The smallest absolute Gasteiger partial charge is 0.219 e. The second-order valence-corrected chi connectivity index (χ2v) is 7.62. The van der Waals surface area contributed by atoms with Crippen LogP contribution in [-0.4, -0.2) is 41.1 Å². The number of benzene rings is 1. The Balaban J connectivity index is 1.48. The Hall–Kier alpha value is -2.76. The zero-order chi connectivity index (χ0) is 19.3. The molecule has 0 radical (unpaired) electrons. The summed E-state index contributed by atoms with van der Waals surface area (Å²) in [5, 5.41) is 13.4. The van der Waals surface area contributed by atoms with E-state index in [0.29, 0.717) is 23.4 Å². The summed E-state index contributed by atoms with van der Waals surface area (Å²) in [6.45, 7) is 1.89. The van der Waals surface area contributed by atoms with Crippen LogP contribution in [0.5, 0.6) is 17.4 Å². The van der Waals surface area contributed by atoms with Crippen LogP contribution in [0.25, 0.3) is 0 Å². The molecule has 1 aliphatic carbocycles. The molecule has 2 atom stereocenters. The van der Waals surface area contributed by atoms with E-state index in [0.717, 1.165) is 30.3 Å². The minimum Gasteiger partial charge on any atom is -0.497 e. The minimum absolute atomic E-state index is 0.469. The van der Waals surface area contributed by atoms with Gasteiger partial charge in [-0.1, -0.05) is 24.4 Å². The minimum atomic E-state index is 0.469. The molecule has 0 amide bonds. The average molecular weight is 381 g/mol. The number of aromatic nitrogens is 1. The molecular weight excluding hydrogens is 354 g/mol. The van der Waals surface area contributed by atoms with Crippen LogP contribution in [0.15, 0.2) is 47.8 Å². The summed E-state index contributed by atoms with van der Waals surface area (Å²) >= 11 is 0. The van der Waals surface area contributed by atoms with E-state index in [4.69, 9.17) is 9.47 Å². The number of amidine groups is 1. The lowest BCUT2D eigenvalue weighted by molar-refractivity contribution is 0.127. The fourth-order valence-electron chi connectivity index (χ4n) is 4.47. The van der Waals surface area contributed by atoms with Crippen molar-refractivity contribution in [1.82, 2.24) is 9.88 Å². The summed E-state index contributed by atoms with van der Waals surface area (Å²) in [6.07, 6.45) is 8.16. The number of pyridine rings is 1. The van der Waals surface area contributed by atoms with Gasteiger partial charge < -0.3 is 19.6 Å². The Bertz CT molecular complexity index is 822. The number of nitrogens with zero attached hydrogens (tertiary/aromatic N) is 3. The van der Waals surface area contributed by atoms with Gasteiger partial charge in [0.15, 0.2) is 5.84 Å². The Kier molecular flexibility index (Phi) is 5.65. The van der Waals surface area contributed by atoms with E-state index >= 15 is 0 Å². The molecule has 0 bridgehead atoms. The second-order valence-electron chi connectivity index (χ2n) is 7.62. The topological polar surface area (TPSA) is 67.2 Å². The Morgan fingerprint density at radius 1 is 1.07 bits per heavy atom. The molecule has 0 spiro atoms. The largest absolute Gasteiger partial charge is 0.497 e. The first kappa shape index (κ1) is 18.6. The van der Waals surface area contributed by atoms with Crippen molar-refractivity contribution >= 4 is 5.84 Å². The van der Waals surface area contributed by atoms with Gasteiger partial charge in [-0.05, 0) is 55.0 Å². The van der Waals surface area contributed by atoms with E-state index in [-0.39, 0.29) is 0 Å². The first-order chi connectivity index (χ1) is 13.8. The number of fused-ring (bicyclic) bond motifs is 1. The molecule has 2 fully saturated rings. The van der Waals surface area contributed by atoms with E-state index in [9.17, 15) is 5.21 Å². The zero-order valence-corrected chi connectivity index (χ0v) is 16.3. The molecule has 2 heterocycles. The van der Waals surface area contributed by atoms with Crippen molar-refractivity contribution in [3.63, 3.8) is 0 Å². The van der Waals surface area contributed by atoms with Crippen LogP contribution in [0.1, 0.15) is 37.7 Å². The Morgan fingerprint density at radius 3 is 2.57 bits per heavy atom. The first-order valence-corrected chi connectivity index (χ1v) is 10.0. The monoisotopic (exact) mass is 381 g/mol. The molecule has 2 unspecified atom stereocenters. The van der Waals surface area contributed by atoms with Crippen molar-refractivity contribution in [2.75, 3.05) is 20.2 Å².